The number of carbonyl (C=O) groups is 1. The largest absolute Gasteiger partial charge is 0.353 e. The standard InChI is InChI=1S/C14H25NO/c1-9(2)12(16)15-11-8-10-6-7-14(11,5)13(10,3)4/h9-11H,6-8H2,1-5H3,(H,15,16)/t10-,11+,14?/m1/s1. The summed E-state index contributed by atoms with van der Waals surface area (Å²) >= 11 is 0. The fourth-order valence-corrected chi connectivity index (χ4v) is 3.76. The number of amides is 1. The van der Waals surface area contributed by atoms with Crippen molar-refractivity contribution < 1.29 is 4.79 Å². The second kappa shape index (κ2) is 3.48. The molecule has 1 N–H and O–H groups in total. The lowest BCUT2D eigenvalue weighted by atomic mass is 9.69. The highest BCUT2D eigenvalue weighted by molar-refractivity contribution is 5.78. The normalized spacial score (nSPS) is 40.4. The van der Waals surface area contributed by atoms with Crippen LogP contribution in [0.4, 0.5) is 0 Å². The molecule has 2 saturated carbocycles. The van der Waals surface area contributed by atoms with Crippen molar-refractivity contribution >= 4 is 5.91 Å². The average Bonchev–Trinajstić information content (AvgIpc) is 2.50. The van der Waals surface area contributed by atoms with E-state index in [1.54, 1.807) is 0 Å². The molecule has 0 aromatic carbocycles. The van der Waals surface area contributed by atoms with Gasteiger partial charge in [-0.1, -0.05) is 34.6 Å². The quantitative estimate of drug-likeness (QED) is 0.766. The zero-order valence-electron chi connectivity index (χ0n) is 11.3. The van der Waals surface area contributed by atoms with Crippen molar-refractivity contribution in [1.82, 2.24) is 5.32 Å². The molecule has 92 valence electrons. The molecule has 2 rings (SSSR count). The lowest BCUT2D eigenvalue weighted by Crippen LogP contribution is -2.48. The first-order valence-electron chi connectivity index (χ1n) is 6.59. The van der Waals surface area contributed by atoms with E-state index < -0.39 is 0 Å². The monoisotopic (exact) mass is 223 g/mol. The molecule has 2 aliphatic carbocycles. The van der Waals surface area contributed by atoms with Crippen LogP contribution in [0.5, 0.6) is 0 Å². The van der Waals surface area contributed by atoms with Crippen molar-refractivity contribution in [2.24, 2.45) is 22.7 Å². The Morgan fingerprint density at radius 2 is 1.94 bits per heavy atom. The van der Waals surface area contributed by atoms with Gasteiger partial charge in [-0.05, 0) is 36.0 Å². The number of nitrogens with one attached hydrogen (secondary N) is 1. The lowest BCUT2D eigenvalue weighted by Gasteiger charge is -2.39. The highest BCUT2D eigenvalue weighted by Gasteiger charge is 2.61. The van der Waals surface area contributed by atoms with E-state index in [0.717, 1.165) is 5.92 Å². The summed E-state index contributed by atoms with van der Waals surface area (Å²) in [5, 5.41) is 3.27. The molecule has 2 fully saturated rings. The molecule has 3 atom stereocenters. The van der Waals surface area contributed by atoms with Gasteiger partial charge in [-0.3, -0.25) is 4.79 Å². The minimum atomic E-state index is 0.103. The summed E-state index contributed by atoms with van der Waals surface area (Å²) in [5.41, 5.74) is 0.699. The minimum Gasteiger partial charge on any atom is -0.353 e. The van der Waals surface area contributed by atoms with E-state index in [9.17, 15) is 4.79 Å². The molecule has 0 spiro atoms. The van der Waals surface area contributed by atoms with Crippen molar-refractivity contribution in [2.45, 2.75) is 59.9 Å². The molecule has 0 radical (unpaired) electrons. The smallest absolute Gasteiger partial charge is 0.222 e. The Morgan fingerprint density at radius 3 is 2.31 bits per heavy atom. The molecular formula is C14H25NO. The van der Waals surface area contributed by atoms with Crippen molar-refractivity contribution in [3.63, 3.8) is 0 Å². The van der Waals surface area contributed by atoms with E-state index >= 15 is 0 Å². The van der Waals surface area contributed by atoms with Crippen LogP contribution in [0, 0.1) is 22.7 Å². The Bertz CT molecular complexity index is 308. The molecule has 2 bridgehead atoms. The Hall–Kier alpha value is -0.530. The second-order valence-corrected chi connectivity index (χ2v) is 6.83. The third kappa shape index (κ3) is 1.42. The number of rotatable bonds is 2. The SMILES string of the molecule is CC(C)C(=O)N[C@H]1C[C@H]2CCC1(C)C2(C)C. The van der Waals surface area contributed by atoms with Crippen LogP contribution in [0.15, 0.2) is 0 Å². The minimum absolute atomic E-state index is 0.103. The Balaban J connectivity index is 2.13. The molecule has 2 nitrogen and oxygen atoms in total. The molecule has 16 heavy (non-hydrogen) atoms. The molecular weight excluding hydrogens is 198 g/mol. The van der Waals surface area contributed by atoms with Gasteiger partial charge < -0.3 is 5.32 Å². The molecule has 2 aliphatic rings. The van der Waals surface area contributed by atoms with Crippen molar-refractivity contribution in [2.75, 3.05) is 0 Å². The first kappa shape index (κ1) is 11.9. The van der Waals surface area contributed by atoms with Crippen LogP contribution in [-0.2, 0) is 4.79 Å². The molecule has 0 heterocycles. The fourth-order valence-electron chi connectivity index (χ4n) is 3.76. The van der Waals surface area contributed by atoms with Crippen molar-refractivity contribution in [1.29, 1.82) is 0 Å². The highest BCUT2D eigenvalue weighted by atomic mass is 16.1. The summed E-state index contributed by atoms with van der Waals surface area (Å²) in [6.07, 6.45) is 3.80. The van der Waals surface area contributed by atoms with Gasteiger partial charge in [0.2, 0.25) is 5.91 Å². The number of fused-ring (bicyclic) bond motifs is 2. The van der Waals surface area contributed by atoms with E-state index in [-0.39, 0.29) is 11.8 Å². The predicted octanol–water partition coefficient (Wildman–Crippen LogP) is 2.97. The average molecular weight is 223 g/mol. The zero-order valence-corrected chi connectivity index (χ0v) is 11.3. The van der Waals surface area contributed by atoms with Crippen LogP contribution in [0.1, 0.15) is 53.9 Å². The summed E-state index contributed by atoms with van der Waals surface area (Å²) in [7, 11) is 0. The Labute approximate surface area is 99.2 Å². The van der Waals surface area contributed by atoms with Crippen molar-refractivity contribution in [3.05, 3.63) is 0 Å². The van der Waals surface area contributed by atoms with Gasteiger partial charge in [0.25, 0.3) is 0 Å². The summed E-state index contributed by atoms with van der Waals surface area (Å²) in [6.45, 7) is 11.1. The number of carbonyl (C=O) groups excluding carboxylic acids is 1. The van der Waals surface area contributed by atoms with Gasteiger partial charge in [0.15, 0.2) is 0 Å². The fraction of sp³-hybridized carbons (Fsp3) is 0.929. The third-order valence-electron chi connectivity index (χ3n) is 5.63. The Kier molecular flexibility index (Phi) is 2.60. The van der Waals surface area contributed by atoms with Gasteiger partial charge in [0, 0.05) is 12.0 Å². The number of hydrogen-bond acceptors (Lipinski definition) is 1. The van der Waals surface area contributed by atoms with Gasteiger partial charge in [0.1, 0.15) is 0 Å². The molecule has 0 aromatic heterocycles. The summed E-state index contributed by atoms with van der Waals surface area (Å²) in [4.78, 5) is 11.8. The molecule has 0 aromatic rings. The molecule has 1 unspecified atom stereocenters. The van der Waals surface area contributed by atoms with E-state index in [4.69, 9.17) is 0 Å². The summed E-state index contributed by atoms with van der Waals surface area (Å²) < 4.78 is 0. The van der Waals surface area contributed by atoms with E-state index in [0.29, 0.717) is 16.9 Å². The summed E-state index contributed by atoms with van der Waals surface area (Å²) in [6, 6.07) is 0.399. The van der Waals surface area contributed by atoms with E-state index in [2.05, 4.69) is 26.1 Å². The molecule has 0 saturated heterocycles. The van der Waals surface area contributed by atoms with Crippen LogP contribution in [0.3, 0.4) is 0 Å². The molecule has 0 aliphatic heterocycles. The van der Waals surface area contributed by atoms with Crippen LogP contribution in [0.25, 0.3) is 0 Å². The predicted molar refractivity (Wildman–Crippen MR) is 66.0 cm³/mol. The number of hydrogen-bond donors (Lipinski definition) is 1. The molecule has 1 amide bonds. The van der Waals surface area contributed by atoms with E-state index in [1.165, 1.54) is 19.3 Å². The first-order chi connectivity index (χ1) is 7.29. The Morgan fingerprint density at radius 1 is 1.31 bits per heavy atom. The summed E-state index contributed by atoms with van der Waals surface area (Å²) in [5.74, 6) is 1.12. The zero-order chi connectivity index (χ0) is 12.1. The maximum atomic E-state index is 11.8. The third-order valence-corrected chi connectivity index (χ3v) is 5.63. The van der Waals surface area contributed by atoms with Crippen LogP contribution in [0.2, 0.25) is 0 Å². The van der Waals surface area contributed by atoms with E-state index in [1.807, 2.05) is 13.8 Å². The van der Waals surface area contributed by atoms with Gasteiger partial charge in [0.05, 0.1) is 0 Å². The van der Waals surface area contributed by atoms with Crippen LogP contribution >= 0.6 is 0 Å². The maximum Gasteiger partial charge on any atom is 0.222 e. The van der Waals surface area contributed by atoms with Gasteiger partial charge in [-0.2, -0.15) is 0 Å². The van der Waals surface area contributed by atoms with Crippen LogP contribution in [-0.4, -0.2) is 11.9 Å². The molecule has 2 heteroatoms. The maximum absolute atomic E-state index is 11.8. The first-order valence-corrected chi connectivity index (χ1v) is 6.59. The van der Waals surface area contributed by atoms with Crippen molar-refractivity contribution in [3.8, 4) is 0 Å². The van der Waals surface area contributed by atoms with Gasteiger partial charge in [-0.15, -0.1) is 0 Å². The highest BCUT2D eigenvalue weighted by Crippen LogP contribution is 2.65. The lowest BCUT2D eigenvalue weighted by molar-refractivity contribution is -0.125. The van der Waals surface area contributed by atoms with Gasteiger partial charge in [-0.25, -0.2) is 0 Å². The van der Waals surface area contributed by atoms with Gasteiger partial charge >= 0.3 is 0 Å². The second-order valence-electron chi connectivity index (χ2n) is 6.83. The van der Waals surface area contributed by atoms with Crippen LogP contribution < -0.4 is 5.32 Å². The topological polar surface area (TPSA) is 29.1 Å².